The molecule has 0 fully saturated rings. The molecule has 0 amide bonds. The number of hydrogen-bond donors (Lipinski definition) is 1. The molecule has 0 unspecified atom stereocenters. The summed E-state index contributed by atoms with van der Waals surface area (Å²) in [6.45, 7) is 4.14. The topological polar surface area (TPSA) is 20.2 Å². The molecule has 82 valence electrons. The van der Waals surface area contributed by atoms with E-state index in [1.54, 1.807) is 0 Å². The van der Waals surface area contributed by atoms with Gasteiger partial charge in [0.25, 0.3) is 0 Å². The van der Waals surface area contributed by atoms with Gasteiger partial charge in [-0.1, -0.05) is 18.0 Å². The molecule has 2 rings (SSSR count). The van der Waals surface area contributed by atoms with Crippen molar-refractivity contribution in [3.05, 3.63) is 33.3 Å². The molecular weight excluding hydrogens is 208 g/mol. The summed E-state index contributed by atoms with van der Waals surface area (Å²) >= 11 is 6.25. The van der Waals surface area contributed by atoms with Crippen LogP contribution in [0.25, 0.3) is 0 Å². The molecule has 1 nitrogen and oxygen atoms in total. The summed E-state index contributed by atoms with van der Waals surface area (Å²) < 4.78 is 0. The van der Waals surface area contributed by atoms with Crippen LogP contribution in [-0.4, -0.2) is 5.11 Å². The van der Waals surface area contributed by atoms with Crippen molar-refractivity contribution >= 4 is 11.6 Å². The van der Waals surface area contributed by atoms with Crippen molar-refractivity contribution < 1.29 is 5.11 Å². The van der Waals surface area contributed by atoms with Gasteiger partial charge in [0.15, 0.2) is 0 Å². The largest absolute Gasteiger partial charge is 0.388 e. The molecule has 1 aromatic rings. The zero-order valence-electron chi connectivity index (χ0n) is 9.31. The minimum absolute atomic E-state index is 0.320. The molecule has 1 aliphatic rings. The van der Waals surface area contributed by atoms with Crippen molar-refractivity contribution in [2.24, 2.45) is 0 Å². The first-order valence-electron chi connectivity index (χ1n) is 5.58. The fraction of sp³-hybridized carbons (Fsp3) is 0.538. The van der Waals surface area contributed by atoms with Crippen LogP contribution >= 0.6 is 11.6 Å². The molecule has 0 saturated heterocycles. The molecular formula is C13H17ClO. The lowest BCUT2D eigenvalue weighted by Gasteiger charge is -2.18. The van der Waals surface area contributed by atoms with E-state index in [2.05, 4.69) is 13.8 Å². The summed E-state index contributed by atoms with van der Waals surface area (Å²) in [5.74, 6) is 0. The highest BCUT2D eigenvalue weighted by molar-refractivity contribution is 6.31. The van der Waals surface area contributed by atoms with Gasteiger partial charge in [0.05, 0.1) is 6.10 Å². The fourth-order valence-electron chi connectivity index (χ4n) is 2.44. The van der Waals surface area contributed by atoms with Crippen LogP contribution in [0.15, 0.2) is 6.07 Å². The minimum atomic E-state index is -0.320. The van der Waals surface area contributed by atoms with E-state index in [9.17, 15) is 5.11 Å². The first-order chi connectivity index (χ1) is 7.11. The Kier molecular flexibility index (Phi) is 3.03. The average molecular weight is 225 g/mol. The summed E-state index contributed by atoms with van der Waals surface area (Å²) in [6.07, 6.45) is 3.77. The zero-order chi connectivity index (χ0) is 11.0. The molecule has 2 heteroatoms. The molecule has 1 atom stereocenters. The summed E-state index contributed by atoms with van der Waals surface area (Å²) in [5.41, 5.74) is 4.66. The number of halogens is 1. The molecule has 0 aromatic heterocycles. The van der Waals surface area contributed by atoms with Crippen LogP contribution in [0.2, 0.25) is 5.02 Å². The van der Waals surface area contributed by atoms with Crippen molar-refractivity contribution in [1.29, 1.82) is 0 Å². The SMILES string of the molecule is Cc1cc(Cl)c2c(c1C)[C@H](O)CCCC2. The third kappa shape index (κ3) is 1.91. The first-order valence-corrected chi connectivity index (χ1v) is 5.95. The lowest BCUT2D eigenvalue weighted by molar-refractivity contribution is 0.166. The van der Waals surface area contributed by atoms with Gasteiger partial charge in [-0.2, -0.15) is 0 Å². The highest BCUT2D eigenvalue weighted by atomic mass is 35.5. The number of aliphatic hydroxyl groups excluding tert-OH is 1. The Hall–Kier alpha value is -0.530. The summed E-state index contributed by atoms with van der Waals surface area (Å²) in [6, 6.07) is 2.02. The molecule has 15 heavy (non-hydrogen) atoms. The molecule has 0 bridgehead atoms. The van der Waals surface area contributed by atoms with Crippen LogP contribution in [0, 0.1) is 13.8 Å². The second-order valence-corrected chi connectivity index (χ2v) is 4.86. The van der Waals surface area contributed by atoms with Crippen molar-refractivity contribution in [3.63, 3.8) is 0 Å². The quantitative estimate of drug-likeness (QED) is 0.666. The van der Waals surface area contributed by atoms with Gasteiger partial charge in [-0.3, -0.25) is 0 Å². The Balaban J connectivity index is 2.63. The number of fused-ring (bicyclic) bond motifs is 1. The Bertz CT molecular complexity index is 385. The monoisotopic (exact) mass is 224 g/mol. The number of aliphatic hydroxyl groups is 1. The summed E-state index contributed by atoms with van der Waals surface area (Å²) in [4.78, 5) is 0. The van der Waals surface area contributed by atoms with Crippen LogP contribution in [0.5, 0.6) is 0 Å². The number of hydrogen-bond acceptors (Lipinski definition) is 1. The summed E-state index contributed by atoms with van der Waals surface area (Å²) in [5, 5.41) is 10.9. The molecule has 0 heterocycles. The van der Waals surface area contributed by atoms with Gasteiger partial charge in [0, 0.05) is 5.02 Å². The van der Waals surface area contributed by atoms with Crippen molar-refractivity contribution in [2.45, 2.75) is 45.6 Å². The lowest BCUT2D eigenvalue weighted by Crippen LogP contribution is -2.04. The van der Waals surface area contributed by atoms with Gasteiger partial charge in [-0.05, 0) is 61.4 Å². The standard InChI is InChI=1S/C13H17ClO/c1-8-7-11(14)10-5-3-4-6-12(15)13(10)9(8)2/h7,12,15H,3-6H2,1-2H3/t12-/m1/s1. The van der Waals surface area contributed by atoms with Crippen LogP contribution in [0.4, 0.5) is 0 Å². The Labute approximate surface area is 96.1 Å². The average Bonchev–Trinajstić information content (AvgIpc) is 2.37. The highest BCUT2D eigenvalue weighted by Gasteiger charge is 2.21. The van der Waals surface area contributed by atoms with Gasteiger partial charge in [0.2, 0.25) is 0 Å². The molecule has 1 N–H and O–H groups in total. The van der Waals surface area contributed by atoms with Crippen molar-refractivity contribution in [2.75, 3.05) is 0 Å². The number of benzene rings is 1. The first kappa shape index (κ1) is 11.0. The van der Waals surface area contributed by atoms with E-state index in [4.69, 9.17) is 11.6 Å². The van der Waals surface area contributed by atoms with Crippen LogP contribution in [0.1, 0.15) is 47.6 Å². The Morgan fingerprint density at radius 3 is 2.80 bits per heavy atom. The van der Waals surface area contributed by atoms with Crippen molar-refractivity contribution in [1.82, 2.24) is 0 Å². The van der Waals surface area contributed by atoms with E-state index in [-0.39, 0.29) is 6.10 Å². The number of rotatable bonds is 0. The second-order valence-electron chi connectivity index (χ2n) is 4.45. The Morgan fingerprint density at radius 1 is 1.33 bits per heavy atom. The fourth-order valence-corrected chi connectivity index (χ4v) is 2.80. The van der Waals surface area contributed by atoms with Gasteiger partial charge >= 0.3 is 0 Å². The maximum atomic E-state index is 10.1. The van der Waals surface area contributed by atoms with Crippen LogP contribution in [-0.2, 0) is 6.42 Å². The predicted octanol–water partition coefficient (Wildman–Crippen LogP) is 3.72. The molecule has 1 aliphatic carbocycles. The van der Waals surface area contributed by atoms with Gasteiger partial charge < -0.3 is 5.11 Å². The van der Waals surface area contributed by atoms with E-state index in [1.165, 1.54) is 16.7 Å². The van der Waals surface area contributed by atoms with Crippen LogP contribution in [0.3, 0.4) is 0 Å². The maximum absolute atomic E-state index is 10.1. The molecule has 0 aliphatic heterocycles. The highest BCUT2D eigenvalue weighted by Crippen LogP contribution is 2.36. The lowest BCUT2D eigenvalue weighted by atomic mass is 9.93. The summed E-state index contributed by atoms with van der Waals surface area (Å²) in [7, 11) is 0. The minimum Gasteiger partial charge on any atom is -0.388 e. The van der Waals surface area contributed by atoms with Gasteiger partial charge in [-0.15, -0.1) is 0 Å². The van der Waals surface area contributed by atoms with Crippen molar-refractivity contribution in [3.8, 4) is 0 Å². The van der Waals surface area contributed by atoms with Gasteiger partial charge in [-0.25, -0.2) is 0 Å². The zero-order valence-corrected chi connectivity index (χ0v) is 10.1. The third-order valence-corrected chi connectivity index (χ3v) is 3.78. The predicted molar refractivity (Wildman–Crippen MR) is 63.4 cm³/mol. The molecule has 0 radical (unpaired) electrons. The van der Waals surface area contributed by atoms with E-state index in [0.29, 0.717) is 0 Å². The Morgan fingerprint density at radius 2 is 2.07 bits per heavy atom. The smallest absolute Gasteiger partial charge is 0.0795 e. The van der Waals surface area contributed by atoms with E-state index in [1.807, 2.05) is 6.07 Å². The van der Waals surface area contributed by atoms with E-state index in [0.717, 1.165) is 36.3 Å². The second kappa shape index (κ2) is 4.15. The molecule has 1 aromatic carbocycles. The maximum Gasteiger partial charge on any atom is 0.0795 e. The van der Waals surface area contributed by atoms with E-state index < -0.39 is 0 Å². The van der Waals surface area contributed by atoms with Crippen LogP contribution < -0.4 is 0 Å². The van der Waals surface area contributed by atoms with E-state index >= 15 is 0 Å². The third-order valence-electron chi connectivity index (χ3n) is 3.44. The van der Waals surface area contributed by atoms with Gasteiger partial charge in [0.1, 0.15) is 0 Å². The number of aryl methyl sites for hydroxylation is 1. The molecule has 0 spiro atoms. The molecule has 0 saturated carbocycles. The normalized spacial score (nSPS) is 20.9.